The molecule has 114 valence electrons. The molecule has 0 amide bonds. The molecule has 1 N–H and O–H groups in total. The minimum absolute atomic E-state index is 0.143. The third-order valence-electron chi connectivity index (χ3n) is 5.95. The number of phenols is 1. The number of hydrogen-bond acceptors (Lipinski definition) is 4. The Bertz CT molecular complexity index is 751. The zero-order chi connectivity index (χ0) is 15.1. The summed E-state index contributed by atoms with van der Waals surface area (Å²) in [6, 6.07) is 4.25. The fraction of sp³-hybridized carbons (Fsp3) is 0.444. The van der Waals surface area contributed by atoms with E-state index in [0.717, 1.165) is 25.1 Å². The van der Waals surface area contributed by atoms with Gasteiger partial charge in [-0.05, 0) is 49.7 Å². The first kappa shape index (κ1) is 12.6. The van der Waals surface area contributed by atoms with E-state index in [1.807, 2.05) is 6.08 Å². The van der Waals surface area contributed by atoms with Gasteiger partial charge in [-0.25, -0.2) is 0 Å². The summed E-state index contributed by atoms with van der Waals surface area (Å²) >= 11 is 0. The maximum atomic E-state index is 10.3. The Balaban J connectivity index is 1.86. The van der Waals surface area contributed by atoms with Crippen molar-refractivity contribution in [2.45, 2.75) is 30.4 Å². The normalized spacial score (nSPS) is 34.5. The molecule has 5 rings (SSSR count). The highest BCUT2D eigenvalue weighted by Gasteiger charge is 2.61. The first-order valence-corrected chi connectivity index (χ1v) is 7.85. The molecular formula is C18H19NO3. The molecule has 1 spiro atoms. The number of phenolic OH excluding ortho intramolecular Hbond substituents is 1. The molecule has 4 nitrogen and oxygen atoms in total. The Kier molecular flexibility index (Phi) is 2.22. The Morgan fingerprint density at radius 1 is 1.36 bits per heavy atom. The molecule has 0 unspecified atom stereocenters. The smallest absolute Gasteiger partial charge is 0.169 e. The molecule has 2 heterocycles. The molecule has 4 heteroatoms. The molecule has 3 atom stereocenters. The molecule has 22 heavy (non-hydrogen) atoms. The number of ether oxygens (including phenoxy) is 2. The van der Waals surface area contributed by atoms with Crippen LogP contribution in [-0.2, 0) is 16.6 Å². The molecule has 0 radical (unpaired) electrons. The van der Waals surface area contributed by atoms with Crippen LogP contribution in [0.4, 0.5) is 0 Å². The lowest BCUT2D eigenvalue weighted by Gasteiger charge is -2.52. The van der Waals surface area contributed by atoms with Crippen LogP contribution in [-0.4, -0.2) is 42.9 Å². The second-order valence-corrected chi connectivity index (χ2v) is 6.76. The van der Waals surface area contributed by atoms with Gasteiger partial charge in [0.15, 0.2) is 17.6 Å². The number of hydrogen-bond donors (Lipinski definition) is 1. The van der Waals surface area contributed by atoms with Crippen molar-refractivity contribution in [1.29, 1.82) is 0 Å². The highest BCUT2D eigenvalue weighted by molar-refractivity contribution is 5.67. The number of aromatic hydroxyl groups is 1. The van der Waals surface area contributed by atoms with Crippen LogP contribution in [0.25, 0.3) is 0 Å². The average molecular weight is 297 g/mol. The van der Waals surface area contributed by atoms with Gasteiger partial charge in [0, 0.05) is 11.6 Å². The van der Waals surface area contributed by atoms with Crippen LogP contribution in [0.15, 0.2) is 35.6 Å². The van der Waals surface area contributed by atoms with E-state index in [2.05, 4.69) is 24.1 Å². The summed E-state index contributed by atoms with van der Waals surface area (Å²) in [7, 11) is 3.90. The highest BCUT2D eigenvalue weighted by atomic mass is 16.5. The zero-order valence-corrected chi connectivity index (χ0v) is 12.8. The first-order chi connectivity index (χ1) is 10.7. The molecule has 1 saturated heterocycles. The van der Waals surface area contributed by atoms with Gasteiger partial charge in [-0.2, -0.15) is 0 Å². The van der Waals surface area contributed by atoms with Crippen molar-refractivity contribution in [3.63, 3.8) is 0 Å². The van der Waals surface area contributed by atoms with Crippen LogP contribution < -0.4 is 4.74 Å². The van der Waals surface area contributed by atoms with E-state index < -0.39 is 0 Å². The van der Waals surface area contributed by atoms with Gasteiger partial charge in [0.25, 0.3) is 0 Å². The van der Waals surface area contributed by atoms with E-state index in [1.54, 1.807) is 13.2 Å². The van der Waals surface area contributed by atoms with E-state index in [9.17, 15) is 5.11 Å². The van der Waals surface area contributed by atoms with Crippen LogP contribution in [0.1, 0.15) is 17.5 Å². The van der Waals surface area contributed by atoms with Crippen molar-refractivity contribution in [2.24, 2.45) is 0 Å². The maximum absolute atomic E-state index is 10.3. The van der Waals surface area contributed by atoms with Crippen molar-refractivity contribution < 1.29 is 14.6 Å². The van der Waals surface area contributed by atoms with Crippen molar-refractivity contribution >= 4 is 0 Å². The Hall–Kier alpha value is -1.94. The standard InChI is InChI=1S/C18H19NO3/c1-19-8-7-18-11-4-6-14(21-2)17(18)22-16-13(20)5-3-10(15(16)18)9-12(11)19/h3-6,12,17,20H,7-9H2,1-2H3/t12-,17+,18+/m0/s1. The van der Waals surface area contributed by atoms with Crippen molar-refractivity contribution in [3.8, 4) is 11.5 Å². The fourth-order valence-electron chi connectivity index (χ4n) is 4.95. The zero-order valence-electron chi connectivity index (χ0n) is 12.8. The maximum Gasteiger partial charge on any atom is 0.169 e. The van der Waals surface area contributed by atoms with Gasteiger partial charge in [-0.3, -0.25) is 4.90 Å². The van der Waals surface area contributed by atoms with Gasteiger partial charge in [-0.15, -0.1) is 0 Å². The largest absolute Gasteiger partial charge is 0.504 e. The summed E-state index contributed by atoms with van der Waals surface area (Å²) in [6.07, 6.45) is 6.11. The average Bonchev–Trinajstić information content (AvgIpc) is 2.88. The minimum atomic E-state index is -0.154. The number of piperidine rings is 1. The van der Waals surface area contributed by atoms with Crippen LogP contribution in [0, 0.1) is 0 Å². The highest BCUT2D eigenvalue weighted by Crippen LogP contribution is 2.62. The topological polar surface area (TPSA) is 41.9 Å². The van der Waals surface area contributed by atoms with Crippen molar-refractivity contribution in [3.05, 3.63) is 46.7 Å². The van der Waals surface area contributed by atoms with Crippen molar-refractivity contribution in [1.82, 2.24) is 4.90 Å². The van der Waals surface area contributed by atoms with Gasteiger partial charge < -0.3 is 14.6 Å². The summed E-state index contributed by atoms with van der Waals surface area (Å²) < 4.78 is 11.8. The summed E-state index contributed by atoms with van der Waals surface area (Å²) in [5.74, 6) is 1.77. The lowest BCUT2D eigenvalue weighted by atomic mass is 9.57. The molecule has 1 aromatic rings. The van der Waals surface area contributed by atoms with E-state index in [1.165, 1.54) is 16.7 Å². The number of rotatable bonds is 1. The number of methoxy groups -OCH3 is 1. The first-order valence-electron chi connectivity index (χ1n) is 7.85. The Morgan fingerprint density at radius 3 is 3.05 bits per heavy atom. The van der Waals surface area contributed by atoms with Gasteiger partial charge in [-0.1, -0.05) is 12.1 Å². The molecular weight excluding hydrogens is 278 g/mol. The number of benzene rings is 1. The predicted molar refractivity (Wildman–Crippen MR) is 82.1 cm³/mol. The number of likely N-dealkylation sites (tertiary alicyclic amines) is 1. The summed E-state index contributed by atoms with van der Waals surface area (Å²) in [4.78, 5) is 2.44. The second kappa shape index (κ2) is 3.87. The molecule has 1 aromatic carbocycles. The fourth-order valence-corrected chi connectivity index (χ4v) is 4.95. The number of allylic oxidation sites excluding steroid dienone is 2. The second-order valence-electron chi connectivity index (χ2n) is 6.76. The summed E-state index contributed by atoms with van der Waals surface area (Å²) in [5, 5.41) is 10.3. The van der Waals surface area contributed by atoms with E-state index in [-0.39, 0.29) is 17.3 Å². The number of nitrogens with zero attached hydrogens (tertiary/aromatic N) is 1. The van der Waals surface area contributed by atoms with Crippen molar-refractivity contribution in [2.75, 3.05) is 20.7 Å². The molecule has 2 aliphatic carbocycles. The monoisotopic (exact) mass is 297 g/mol. The Labute approximate surface area is 129 Å². The van der Waals surface area contributed by atoms with Crippen LogP contribution in [0.3, 0.4) is 0 Å². The van der Waals surface area contributed by atoms with Gasteiger partial charge >= 0.3 is 0 Å². The lowest BCUT2D eigenvalue weighted by molar-refractivity contribution is 0.0735. The molecule has 1 fully saturated rings. The lowest BCUT2D eigenvalue weighted by Crippen LogP contribution is -2.58. The minimum Gasteiger partial charge on any atom is -0.504 e. The van der Waals surface area contributed by atoms with Gasteiger partial charge in [0.2, 0.25) is 0 Å². The third kappa shape index (κ3) is 1.20. The van der Waals surface area contributed by atoms with E-state index >= 15 is 0 Å². The third-order valence-corrected chi connectivity index (χ3v) is 5.95. The summed E-state index contributed by atoms with van der Waals surface area (Å²) in [6.45, 7) is 1.04. The molecule has 0 saturated carbocycles. The quantitative estimate of drug-likeness (QED) is 0.862. The number of likely N-dealkylation sites (N-methyl/N-ethyl adjacent to an activating group) is 1. The molecule has 2 aliphatic heterocycles. The predicted octanol–water partition coefficient (Wildman–Crippen LogP) is 2.12. The Morgan fingerprint density at radius 2 is 2.23 bits per heavy atom. The summed E-state index contributed by atoms with van der Waals surface area (Å²) in [5.41, 5.74) is 3.78. The van der Waals surface area contributed by atoms with E-state index in [4.69, 9.17) is 9.47 Å². The van der Waals surface area contributed by atoms with Crippen LogP contribution >= 0.6 is 0 Å². The van der Waals surface area contributed by atoms with Crippen LogP contribution in [0.2, 0.25) is 0 Å². The van der Waals surface area contributed by atoms with Crippen LogP contribution in [0.5, 0.6) is 11.5 Å². The molecule has 2 bridgehead atoms. The molecule has 4 aliphatic rings. The SMILES string of the molecule is COC1=CC=C2[C@@H]3Cc4ccc(O)c5c4[C@]2(CCN3C)[C@@H]1O5. The van der Waals surface area contributed by atoms with Gasteiger partial charge in [0.05, 0.1) is 12.5 Å². The molecule has 0 aromatic heterocycles. The van der Waals surface area contributed by atoms with E-state index in [0.29, 0.717) is 11.8 Å². The van der Waals surface area contributed by atoms with Gasteiger partial charge in [0.1, 0.15) is 5.76 Å².